The van der Waals surface area contributed by atoms with Gasteiger partial charge >= 0.3 is 5.97 Å². The van der Waals surface area contributed by atoms with Crippen LogP contribution in [0.3, 0.4) is 0 Å². The van der Waals surface area contributed by atoms with Gasteiger partial charge in [-0.1, -0.05) is 0 Å². The minimum atomic E-state index is -2.46. The number of carboxylic acid groups (broad SMARTS) is 1. The van der Waals surface area contributed by atoms with Crippen molar-refractivity contribution in [3.8, 4) is 0 Å². The van der Waals surface area contributed by atoms with Crippen LogP contribution >= 0.6 is 0 Å². The Morgan fingerprint density at radius 1 is 1.04 bits per heavy atom. The van der Waals surface area contributed by atoms with Gasteiger partial charge in [-0.05, 0) is 0 Å². The second-order valence-electron chi connectivity index (χ2n) is 5.67. The van der Waals surface area contributed by atoms with Crippen LogP contribution in [0.25, 0.3) is 0 Å². The topological polar surface area (TPSA) is 207 Å². The molecule has 12 heteroatoms. The molecule has 2 heterocycles. The summed E-state index contributed by atoms with van der Waals surface area (Å²) in [5, 5.41) is 76.2. The molecular weight excluding hydrogens is 336 g/mol. The average molecular weight is 356 g/mol. The van der Waals surface area contributed by atoms with Crippen molar-refractivity contribution in [1.82, 2.24) is 0 Å². The lowest BCUT2D eigenvalue weighted by Crippen LogP contribution is -2.61. The quantitative estimate of drug-likeness (QED) is 0.232. The van der Waals surface area contributed by atoms with Gasteiger partial charge in [0.25, 0.3) is 0 Å². The van der Waals surface area contributed by atoms with Gasteiger partial charge in [-0.15, -0.1) is 0 Å². The fourth-order valence-electron chi connectivity index (χ4n) is 2.53. The molecule has 0 spiro atoms. The molecule has 2 saturated heterocycles. The first-order chi connectivity index (χ1) is 11.1. The minimum absolute atomic E-state index is 0.699. The highest BCUT2D eigenvalue weighted by atomic mass is 16.7. The zero-order valence-electron chi connectivity index (χ0n) is 12.2. The molecule has 24 heavy (non-hydrogen) atoms. The maximum Gasteiger partial charge on any atom is 0.335 e. The molecule has 0 radical (unpaired) electrons. The highest BCUT2D eigenvalue weighted by Gasteiger charge is 2.55. The molecule has 140 valence electrons. The Kier molecular flexibility index (Phi) is 5.76. The van der Waals surface area contributed by atoms with Crippen LogP contribution in [0, 0.1) is 0 Å². The number of rotatable bonds is 5. The Morgan fingerprint density at radius 3 is 2.17 bits per heavy atom. The molecule has 0 saturated carbocycles. The van der Waals surface area contributed by atoms with Crippen LogP contribution in [0.4, 0.5) is 0 Å². The summed E-state index contributed by atoms with van der Waals surface area (Å²) in [6, 6.07) is 0. The molecule has 2 aliphatic heterocycles. The van der Waals surface area contributed by atoms with E-state index < -0.39 is 74.0 Å². The monoisotopic (exact) mass is 356 g/mol. The van der Waals surface area contributed by atoms with Crippen molar-refractivity contribution in [2.24, 2.45) is 0 Å². The summed E-state index contributed by atoms with van der Waals surface area (Å²) in [7, 11) is 0. The first-order valence-corrected chi connectivity index (χ1v) is 7.03. The first-order valence-electron chi connectivity index (χ1n) is 7.03. The Balaban J connectivity index is 2.04. The minimum Gasteiger partial charge on any atom is -0.479 e. The van der Waals surface area contributed by atoms with Gasteiger partial charge in [0.1, 0.15) is 43.2 Å². The van der Waals surface area contributed by atoms with E-state index in [1.54, 1.807) is 0 Å². The molecule has 0 aromatic rings. The van der Waals surface area contributed by atoms with E-state index in [4.69, 9.17) is 24.4 Å². The summed E-state index contributed by atoms with van der Waals surface area (Å²) in [6.45, 7) is -1.59. The number of carbonyl (C=O) groups is 1. The van der Waals surface area contributed by atoms with E-state index >= 15 is 0 Å². The zero-order valence-corrected chi connectivity index (χ0v) is 12.2. The summed E-state index contributed by atoms with van der Waals surface area (Å²) in [4.78, 5) is 11.0. The van der Waals surface area contributed by atoms with Gasteiger partial charge < -0.3 is 55.1 Å². The van der Waals surface area contributed by atoms with Crippen molar-refractivity contribution in [2.75, 3.05) is 13.2 Å². The highest BCUT2D eigenvalue weighted by molar-refractivity contribution is 5.73. The molecular formula is C12H20O12. The maximum absolute atomic E-state index is 11.0. The van der Waals surface area contributed by atoms with Gasteiger partial charge in [-0.2, -0.15) is 0 Å². The van der Waals surface area contributed by atoms with Crippen LogP contribution in [-0.4, -0.2) is 115 Å². The molecule has 8 N–H and O–H groups in total. The predicted molar refractivity (Wildman–Crippen MR) is 69.2 cm³/mol. The van der Waals surface area contributed by atoms with E-state index in [0.717, 1.165) is 0 Å². The predicted octanol–water partition coefficient (Wildman–Crippen LogP) is -5.30. The number of aliphatic hydroxyl groups excluding tert-OH is 6. The molecule has 0 aliphatic carbocycles. The fourth-order valence-corrected chi connectivity index (χ4v) is 2.53. The van der Waals surface area contributed by atoms with Gasteiger partial charge in [0.05, 0.1) is 6.61 Å². The Hall–Kier alpha value is -0.930. The summed E-state index contributed by atoms with van der Waals surface area (Å²) in [6.07, 6.45) is -14.1. The van der Waals surface area contributed by atoms with Gasteiger partial charge in [0.2, 0.25) is 5.79 Å². The van der Waals surface area contributed by atoms with E-state index in [0.29, 0.717) is 0 Å². The van der Waals surface area contributed by atoms with E-state index in [1.165, 1.54) is 0 Å². The molecule has 0 amide bonds. The molecule has 2 rings (SSSR count). The van der Waals surface area contributed by atoms with E-state index in [2.05, 4.69) is 0 Å². The van der Waals surface area contributed by atoms with Crippen LogP contribution in [0.1, 0.15) is 0 Å². The Labute approximate surface area is 135 Å². The summed E-state index contributed by atoms with van der Waals surface area (Å²) in [5.74, 6) is -4.08. The Bertz CT molecular complexity index is 459. The van der Waals surface area contributed by atoms with Crippen molar-refractivity contribution in [1.29, 1.82) is 0 Å². The highest BCUT2D eigenvalue weighted by Crippen LogP contribution is 2.31. The third kappa shape index (κ3) is 3.39. The van der Waals surface area contributed by atoms with Gasteiger partial charge in [-0.25, -0.2) is 4.79 Å². The normalized spacial score (nSPS) is 49.3. The number of carboxylic acids is 1. The van der Waals surface area contributed by atoms with E-state index in [9.17, 15) is 35.4 Å². The first kappa shape index (κ1) is 19.4. The van der Waals surface area contributed by atoms with Crippen LogP contribution in [0.15, 0.2) is 0 Å². The van der Waals surface area contributed by atoms with Crippen molar-refractivity contribution < 1.29 is 59.9 Å². The van der Waals surface area contributed by atoms with Crippen molar-refractivity contribution in [2.45, 2.75) is 54.8 Å². The SMILES string of the molecule is O=C(O)C1OC(OCC2(O)OC(CO)C(O)C2O)C(O)C(O)C1O. The van der Waals surface area contributed by atoms with Crippen molar-refractivity contribution >= 4 is 5.97 Å². The second-order valence-corrected chi connectivity index (χ2v) is 5.67. The average Bonchev–Trinajstić information content (AvgIpc) is 2.76. The maximum atomic E-state index is 11.0. The molecule has 0 aromatic carbocycles. The van der Waals surface area contributed by atoms with Gasteiger partial charge in [0.15, 0.2) is 12.4 Å². The summed E-state index contributed by atoms with van der Waals surface area (Å²) >= 11 is 0. The van der Waals surface area contributed by atoms with Gasteiger partial charge in [0, 0.05) is 0 Å². The molecule has 12 nitrogen and oxygen atoms in total. The molecule has 9 unspecified atom stereocenters. The molecule has 0 aromatic heterocycles. The smallest absolute Gasteiger partial charge is 0.335 e. The third-order valence-corrected chi connectivity index (χ3v) is 3.97. The second kappa shape index (κ2) is 7.13. The van der Waals surface area contributed by atoms with Gasteiger partial charge in [-0.3, -0.25) is 0 Å². The molecule has 2 fully saturated rings. The number of ether oxygens (including phenoxy) is 3. The fraction of sp³-hybridized carbons (Fsp3) is 0.917. The third-order valence-electron chi connectivity index (χ3n) is 3.97. The lowest BCUT2D eigenvalue weighted by Gasteiger charge is -2.39. The van der Waals surface area contributed by atoms with Crippen LogP contribution in [0.2, 0.25) is 0 Å². The lowest BCUT2D eigenvalue weighted by atomic mass is 9.99. The summed E-state index contributed by atoms with van der Waals surface area (Å²) < 4.78 is 14.7. The number of aliphatic carboxylic acids is 1. The number of aliphatic hydroxyl groups is 7. The standard InChI is InChI=1S/C12H20O12/c13-1-3-4(14)9(18)12(21,24-3)2-22-11-7(17)5(15)6(16)8(23-11)10(19)20/h3-9,11,13-18,21H,1-2H2,(H,19,20). The van der Waals surface area contributed by atoms with Crippen LogP contribution in [0.5, 0.6) is 0 Å². The van der Waals surface area contributed by atoms with Crippen molar-refractivity contribution in [3.05, 3.63) is 0 Å². The van der Waals surface area contributed by atoms with Crippen molar-refractivity contribution in [3.63, 3.8) is 0 Å². The largest absolute Gasteiger partial charge is 0.479 e. The van der Waals surface area contributed by atoms with Crippen LogP contribution < -0.4 is 0 Å². The molecule has 0 bridgehead atoms. The van der Waals surface area contributed by atoms with E-state index in [-0.39, 0.29) is 0 Å². The molecule has 9 atom stereocenters. The Morgan fingerprint density at radius 2 is 1.67 bits per heavy atom. The number of hydrogen-bond acceptors (Lipinski definition) is 11. The van der Waals surface area contributed by atoms with Crippen LogP contribution in [-0.2, 0) is 19.0 Å². The lowest BCUT2D eigenvalue weighted by molar-refractivity contribution is -0.326. The summed E-state index contributed by atoms with van der Waals surface area (Å²) in [5.41, 5.74) is 0. The number of hydrogen-bond donors (Lipinski definition) is 8. The van der Waals surface area contributed by atoms with E-state index in [1.807, 2.05) is 0 Å². The zero-order chi connectivity index (χ0) is 18.2. The molecule has 2 aliphatic rings.